The Hall–Kier alpha value is -3.28. The summed E-state index contributed by atoms with van der Waals surface area (Å²) in [7, 11) is 0. The van der Waals surface area contributed by atoms with Gasteiger partial charge in [0, 0.05) is 30.6 Å². The smallest absolute Gasteiger partial charge is 0.217 e. The van der Waals surface area contributed by atoms with Crippen LogP contribution in [0, 0.1) is 11.6 Å². The lowest BCUT2D eigenvalue weighted by Gasteiger charge is -2.37. The maximum atomic E-state index is 15.1. The number of benzene rings is 2. The van der Waals surface area contributed by atoms with E-state index in [1.54, 1.807) is 42.7 Å². The Morgan fingerprint density at radius 1 is 0.966 bits per heavy atom. The molecule has 0 fully saturated rings. The van der Waals surface area contributed by atoms with Gasteiger partial charge in [-0.05, 0) is 67.4 Å². The van der Waals surface area contributed by atoms with E-state index in [4.69, 9.17) is 0 Å². The largest absolute Gasteiger partial charge is 0.378 e. The van der Waals surface area contributed by atoms with Crippen LogP contribution >= 0.6 is 0 Å². The molecule has 1 atom stereocenters. The first-order chi connectivity index (χ1) is 13.8. The number of amides is 1. The molecular weight excluding hydrogens is 372 g/mol. The van der Waals surface area contributed by atoms with Crippen LogP contribution < -0.4 is 10.6 Å². The van der Waals surface area contributed by atoms with E-state index in [0.29, 0.717) is 11.3 Å². The first kappa shape index (κ1) is 20.5. The van der Waals surface area contributed by atoms with Gasteiger partial charge in [0.1, 0.15) is 11.6 Å². The van der Waals surface area contributed by atoms with Crippen molar-refractivity contribution in [3.63, 3.8) is 0 Å². The SMILES string of the molecule is CC(=O)NC(c1ccc(-c2ccncc2)cc1F)C(C)(C)Nc1ccc(F)cc1. The van der Waals surface area contributed by atoms with Crippen molar-refractivity contribution in [3.05, 3.63) is 84.2 Å². The fraction of sp³-hybridized carbons (Fsp3) is 0.217. The van der Waals surface area contributed by atoms with Crippen molar-refractivity contribution in [3.8, 4) is 11.1 Å². The van der Waals surface area contributed by atoms with E-state index in [2.05, 4.69) is 15.6 Å². The number of pyridine rings is 1. The molecule has 0 saturated carbocycles. The maximum absolute atomic E-state index is 15.1. The summed E-state index contributed by atoms with van der Waals surface area (Å²) in [5.74, 6) is -1.04. The van der Waals surface area contributed by atoms with Crippen LogP contribution in [0.5, 0.6) is 0 Å². The predicted molar refractivity (Wildman–Crippen MR) is 110 cm³/mol. The Balaban J connectivity index is 1.95. The van der Waals surface area contributed by atoms with Crippen LogP contribution in [0.3, 0.4) is 0 Å². The van der Waals surface area contributed by atoms with Gasteiger partial charge in [-0.25, -0.2) is 8.78 Å². The number of nitrogens with zero attached hydrogens (tertiary/aromatic N) is 1. The third-order valence-electron chi connectivity index (χ3n) is 4.71. The summed E-state index contributed by atoms with van der Waals surface area (Å²) < 4.78 is 28.3. The van der Waals surface area contributed by atoms with Crippen LogP contribution in [0.4, 0.5) is 14.5 Å². The van der Waals surface area contributed by atoms with Gasteiger partial charge in [-0.1, -0.05) is 12.1 Å². The molecule has 0 aliphatic rings. The Morgan fingerprint density at radius 3 is 2.21 bits per heavy atom. The zero-order chi connectivity index (χ0) is 21.0. The highest BCUT2D eigenvalue weighted by atomic mass is 19.1. The molecule has 0 aliphatic carbocycles. The average Bonchev–Trinajstić information content (AvgIpc) is 2.68. The third kappa shape index (κ3) is 4.96. The fourth-order valence-electron chi connectivity index (χ4n) is 3.31. The van der Waals surface area contributed by atoms with Crippen molar-refractivity contribution in [2.45, 2.75) is 32.4 Å². The highest BCUT2D eigenvalue weighted by Gasteiger charge is 2.33. The second-order valence-corrected chi connectivity index (χ2v) is 7.46. The van der Waals surface area contributed by atoms with E-state index in [-0.39, 0.29) is 11.7 Å². The molecule has 3 rings (SSSR count). The van der Waals surface area contributed by atoms with Gasteiger partial charge in [-0.2, -0.15) is 0 Å². The molecule has 0 spiro atoms. The summed E-state index contributed by atoms with van der Waals surface area (Å²) >= 11 is 0. The molecule has 6 heteroatoms. The number of carbonyl (C=O) groups excluding carboxylic acids is 1. The van der Waals surface area contributed by atoms with Crippen LogP contribution in [-0.4, -0.2) is 16.4 Å². The van der Waals surface area contributed by atoms with Gasteiger partial charge in [-0.15, -0.1) is 0 Å². The quantitative estimate of drug-likeness (QED) is 0.611. The van der Waals surface area contributed by atoms with E-state index < -0.39 is 17.4 Å². The molecule has 2 N–H and O–H groups in total. The van der Waals surface area contributed by atoms with Crippen molar-refractivity contribution in [2.24, 2.45) is 0 Å². The van der Waals surface area contributed by atoms with Crippen molar-refractivity contribution < 1.29 is 13.6 Å². The molecule has 0 aliphatic heterocycles. The number of nitrogens with one attached hydrogen (secondary N) is 2. The van der Waals surface area contributed by atoms with Crippen molar-refractivity contribution in [1.29, 1.82) is 0 Å². The third-order valence-corrected chi connectivity index (χ3v) is 4.71. The topological polar surface area (TPSA) is 54.0 Å². The summed E-state index contributed by atoms with van der Waals surface area (Å²) in [6.07, 6.45) is 3.30. The minimum Gasteiger partial charge on any atom is -0.378 e. The zero-order valence-electron chi connectivity index (χ0n) is 16.5. The number of hydrogen-bond donors (Lipinski definition) is 2. The highest BCUT2D eigenvalue weighted by Crippen LogP contribution is 2.33. The molecule has 150 valence electrons. The Labute approximate surface area is 169 Å². The molecule has 1 amide bonds. The van der Waals surface area contributed by atoms with Gasteiger partial charge in [0.25, 0.3) is 0 Å². The molecule has 4 nitrogen and oxygen atoms in total. The normalized spacial score (nSPS) is 12.3. The average molecular weight is 395 g/mol. The first-order valence-electron chi connectivity index (χ1n) is 9.27. The van der Waals surface area contributed by atoms with Crippen LogP contribution in [0.1, 0.15) is 32.4 Å². The Kier molecular flexibility index (Phi) is 5.92. The molecule has 0 saturated heterocycles. The summed E-state index contributed by atoms with van der Waals surface area (Å²) in [4.78, 5) is 15.8. The standard InChI is InChI=1S/C23H23F2N3O/c1-15(29)27-22(23(2,3)28-19-7-5-18(24)6-8-19)20-9-4-17(14-21(20)25)16-10-12-26-13-11-16/h4-14,22,28H,1-3H3,(H,27,29). The minimum atomic E-state index is -0.761. The van der Waals surface area contributed by atoms with Crippen LogP contribution in [0.2, 0.25) is 0 Å². The Bertz CT molecular complexity index is 989. The van der Waals surface area contributed by atoms with Crippen LogP contribution in [-0.2, 0) is 4.79 Å². The zero-order valence-corrected chi connectivity index (χ0v) is 16.5. The number of rotatable bonds is 6. The van der Waals surface area contributed by atoms with E-state index >= 15 is 4.39 Å². The Morgan fingerprint density at radius 2 is 1.62 bits per heavy atom. The first-order valence-corrected chi connectivity index (χ1v) is 9.27. The molecule has 1 aromatic heterocycles. The van der Waals surface area contributed by atoms with E-state index in [9.17, 15) is 9.18 Å². The fourth-order valence-corrected chi connectivity index (χ4v) is 3.31. The van der Waals surface area contributed by atoms with Crippen molar-refractivity contribution >= 4 is 11.6 Å². The summed E-state index contributed by atoms with van der Waals surface area (Å²) in [6.45, 7) is 5.10. The molecule has 29 heavy (non-hydrogen) atoms. The molecule has 1 unspecified atom stereocenters. The lowest BCUT2D eigenvalue weighted by atomic mass is 9.87. The molecule has 3 aromatic rings. The summed E-state index contributed by atoms with van der Waals surface area (Å²) in [6, 6.07) is 13.8. The summed E-state index contributed by atoms with van der Waals surface area (Å²) in [5.41, 5.74) is 1.84. The van der Waals surface area contributed by atoms with Gasteiger partial charge in [0.05, 0.1) is 11.6 Å². The summed E-state index contributed by atoms with van der Waals surface area (Å²) in [5, 5.41) is 6.11. The number of halogens is 2. The van der Waals surface area contributed by atoms with Crippen LogP contribution in [0.25, 0.3) is 11.1 Å². The van der Waals surface area contributed by atoms with E-state index in [1.807, 2.05) is 19.9 Å². The van der Waals surface area contributed by atoms with Gasteiger partial charge < -0.3 is 10.6 Å². The van der Waals surface area contributed by atoms with Crippen LogP contribution in [0.15, 0.2) is 67.0 Å². The maximum Gasteiger partial charge on any atom is 0.217 e. The van der Waals surface area contributed by atoms with Gasteiger partial charge in [0.15, 0.2) is 0 Å². The second-order valence-electron chi connectivity index (χ2n) is 7.46. The molecule has 0 bridgehead atoms. The lowest BCUT2D eigenvalue weighted by molar-refractivity contribution is -0.120. The predicted octanol–water partition coefficient (Wildman–Crippen LogP) is 5.09. The van der Waals surface area contributed by atoms with Gasteiger partial charge in [0.2, 0.25) is 5.91 Å². The number of hydrogen-bond acceptors (Lipinski definition) is 3. The van der Waals surface area contributed by atoms with Gasteiger partial charge in [-0.3, -0.25) is 9.78 Å². The molecule has 2 aromatic carbocycles. The van der Waals surface area contributed by atoms with E-state index in [0.717, 1.165) is 11.1 Å². The molecule has 0 radical (unpaired) electrons. The second kappa shape index (κ2) is 8.39. The molecular formula is C23H23F2N3O. The number of aromatic nitrogens is 1. The number of anilines is 1. The number of carbonyl (C=O) groups is 1. The van der Waals surface area contributed by atoms with Crippen molar-refractivity contribution in [1.82, 2.24) is 10.3 Å². The van der Waals surface area contributed by atoms with Crippen molar-refractivity contribution in [2.75, 3.05) is 5.32 Å². The highest BCUT2D eigenvalue weighted by molar-refractivity contribution is 5.74. The monoisotopic (exact) mass is 395 g/mol. The minimum absolute atomic E-state index is 0.276. The lowest BCUT2D eigenvalue weighted by Crippen LogP contribution is -2.47. The molecule has 1 heterocycles. The van der Waals surface area contributed by atoms with Gasteiger partial charge >= 0.3 is 0 Å². The van der Waals surface area contributed by atoms with E-state index in [1.165, 1.54) is 25.1 Å².